The summed E-state index contributed by atoms with van der Waals surface area (Å²) in [4.78, 5) is 0. The minimum atomic E-state index is 0.617. The summed E-state index contributed by atoms with van der Waals surface area (Å²) in [5, 5.41) is 4.40. The maximum atomic E-state index is 6.09. The van der Waals surface area contributed by atoms with Crippen LogP contribution in [0, 0.1) is 0 Å². The number of halogens is 1. The zero-order valence-corrected chi connectivity index (χ0v) is 9.50. The van der Waals surface area contributed by atoms with Crippen molar-refractivity contribution in [2.45, 2.75) is 31.8 Å². The highest BCUT2D eigenvalue weighted by molar-refractivity contribution is 6.31. The van der Waals surface area contributed by atoms with Gasteiger partial charge in [-0.2, -0.15) is 0 Å². The van der Waals surface area contributed by atoms with E-state index in [2.05, 4.69) is 23.5 Å². The zero-order valence-electron chi connectivity index (χ0n) is 8.75. The third kappa shape index (κ3) is 3.08. The average Bonchev–Trinajstić information content (AvgIpc) is 2.29. The van der Waals surface area contributed by atoms with E-state index in [9.17, 15) is 0 Å². The summed E-state index contributed by atoms with van der Waals surface area (Å²) in [6.45, 7) is 0.873. The molecule has 2 rings (SSSR count). The number of hydrogen-bond acceptors (Lipinski definition) is 1. The Bertz CT molecular complexity index is 346. The topological polar surface area (TPSA) is 12.0 Å². The highest BCUT2D eigenvalue weighted by atomic mass is 35.5. The maximum Gasteiger partial charge on any atom is 0.0450 e. The fourth-order valence-electron chi connectivity index (χ4n) is 1.88. The van der Waals surface area contributed by atoms with Gasteiger partial charge in [0, 0.05) is 17.6 Å². The second-order valence-electron chi connectivity index (χ2n) is 3.95. The third-order valence-corrected chi connectivity index (χ3v) is 3.18. The SMILES string of the molecule is Clc1ccccc1CNC1CC=CCC1. The second kappa shape index (κ2) is 5.34. The maximum absolute atomic E-state index is 6.09. The summed E-state index contributed by atoms with van der Waals surface area (Å²) in [6.07, 6.45) is 8.09. The summed E-state index contributed by atoms with van der Waals surface area (Å²) in [6, 6.07) is 8.64. The van der Waals surface area contributed by atoms with Crippen LogP contribution in [0.2, 0.25) is 5.02 Å². The molecule has 0 aromatic heterocycles. The number of allylic oxidation sites excluding steroid dienone is 1. The molecule has 0 saturated carbocycles. The van der Waals surface area contributed by atoms with Gasteiger partial charge in [-0.3, -0.25) is 0 Å². The van der Waals surface area contributed by atoms with Gasteiger partial charge in [0.1, 0.15) is 0 Å². The van der Waals surface area contributed by atoms with Gasteiger partial charge in [-0.25, -0.2) is 0 Å². The van der Waals surface area contributed by atoms with Gasteiger partial charge in [-0.1, -0.05) is 42.0 Å². The molecule has 80 valence electrons. The molecule has 1 aliphatic rings. The van der Waals surface area contributed by atoms with Crippen LogP contribution < -0.4 is 5.32 Å². The number of nitrogens with one attached hydrogen (secondary N) is 1. The quantitative estimate of drug-likeness (QED) is 0.770. The van der Waals surface area contributed by atoms with E-state index in [1.165, 1.54) is 18.4 Å². The minimum Gasteiger partial charge on any atom is -0.310 e. The molecule has 1 aromatic carbocycles. The fourth-order valence-corrected chi connectivity index (χ4v) is 2.08. The van der Waals surface area contributed by atoms with Crippen molar-refractivity contribution in [2.24, 2.45) is 0 Å². The monoisotopic (exact) mass is 221 g/mol. The Balaban J connectivity index is 1.87. The van der Waals surface area contributed by atoms with Crippen molar-refractivity contribution in [1.29, 1.82) is 0 Å². The van der Waals surface area contributed by atoms with E-state index in [4.69, 9.17) is 11.6 Å². The van der Waals surface area contributed by atoms with Crippen LogP contribution in [0.5, 0.6) is 0 Å². The lowest BCUT2D eigenvalue weighted by Gasteiger charge is -2.19. The van der Waals surface area contributed by atoms with Gasteiger partial charge in [0.2, 0.25) is 0 Å². The Morgan fingerprint density at radius 2 is 2.13 bits per heavy atom. The van der Waals surface area contributed by atoms with Gasteiger partial charge >= 0.3 is 0 Å². The van der Waals surface area contributed by atoms with Crippen molar-refractivity contribution < 1.29 is 0 Å². The highest BCUT2D eigenvalue weighted by Gasteiger charge is 2.09. The van der Waals surface area contributed by atoms with Crippen LogP contribution >= 0.6 is 11.6 Å². The van der Waals surface area contributed by atoms with Crippen LogP contribution in [0.25, 0.3) is 0 Å². The first-order valence-corrected chi connectivity index (χ1v) is 5.86. The molecule has 0 aliphatic heterocycles. The van der Waals surface area contributed by atoms with E-state index in [-0.39, 0.29) is 0 Å². The van der Waals surface area contributed by atoms with Gasteiger partial charge in [0.05, 0.1) is 0 Å². The van der Waals surface area contributed by atoms with E-state index >= 15 is 0 Å². The second-order valence-corrected chi connectivity index (χ2v) is 4.36. The number of hydrogen-bond donors (Lipinski definition) is 1. The van der Waals surface area contributed by atoms with Gasteiger partial charge in [0.25, 0.3) is 0 Å². The predicted octanol–water partition coefficient (Wildman–Crippen LogP) is 3.54. The van der Waals surface area contributed by atoms with E-state index in [1.54, 1.807) is 0 Å². The van der Waals surface area contributed by atoms with Crippen LogP contribution in [0.3, 0.4) is 0 Å². The van der Waals surface area contributed by atoms with Gasteiger partial charge < -0.3 is 5.32 Å². The fraction of sp³-hybridized carbons (Fsp3) is 0.385. The van der Waals surface area contributed by atoms with Crippen molar-refractivity contribution in [3.05, 3.63) is 47.0 Å². The molecule has 0 radical (unpaired) electrons. The van der Waals surface area contributed by atoms with Gasteiger partial charge in [-0.15, -0.1) is 0 Å². The van der Waals surface area contributed by atoms with E-state index in [0.717, 1.165) is 18.0 Å². The lowest BCUT2D eigenvalue weighted by Crippen LogP contribution is -2.29. The lowest BCUT2D eigenvalue weighted by atomic mass is 10.0. The first-order valence-electron chi connectivity index (χ1n) is 5.48. The largest absolute Gasteiger partial charge is 0.310 e. The molecule has 0 fully saturated rings. The standard InChI is InChI=1S/C13H16ClN/c14-13-9-5-4-6-11(13)10-15-12-7-2-1-3-8-12/h1-2,4-6,9,12,15H,3,7-8,10H2. The van der Waals surface area contributed by atoms with Crippen LogP contribution in [-0.4, -0.2) is 6.04 Å². The Labute approximate surface area is 96.1 Å². The van der Waals surface area contributed by atoms with E-state index in [1.807, 2.05) is 18.2 Å². The van der Waals surface area contributed by atoms with Crippen molar-refractivity contribution in [2.75, 3.05) is 0 Å². The first-order chi connectivity index (χ1) is 7.36. The molecule has 0 spiro atoms. The molecule has 0 bridgehead atoms. The van der Waals surface area contributed by atoms with Gasteiger partial charge in [0.15, 0.2) is 0 Å². The van der Waals surface area contributed by atoms with Crippen molar-refractivity contribution in [3.63, 3.8) is 0 Å². The van der Waals surface area contributed by atoms with Crippen LogP contribution in [0.15, 0.2) is 36.4 Å². The van der Waals surface area contributed by atoms with Crippen LogP contribution in [0.4, 0.5) is 0 Å². The smallest absolute Gasteiger partial charge is 0.0450 e. The van der Waals surface area contributed by atoms with Gasteiger partial charge in [-0.05, 0) is 30.9 Å². The summed E-state index contributed by atoms with van der Waals surface area (Å²) < 4.78 is 0. The lowest BCUT2D eigenvalue weighted by molar-refractivity contribution is 0.474. The molecule has 0 saturated heterocycles. The van der Waals surface area contributed by atoms with E-state index < -0.39 is 0 Å². The third-order valence-electron chi connectivity index (χ3n) is 2.81. The van der Waals surface area contributed by atoms with Crippen LogP contribution in [0.1, 0.15) is 24.8 Å². The Hall–Kier alpha value is -0.790. The molecular weight excluding hydrogens is 206 g/mol. The Morgan fingerprint density at radius 3 is 2.87 bits per heavy atom. The first kappa shape index (κ1) is 10.7. The molecule has 15 heavy (non-hydrogen) atoms. The molecular formula is C13H16ClN. The zero-order chi connectivity index (χ0) is 10.5. The summed E-state index contributed by atoms with van der Waals surface area (Å²) in [5.74, 6) is 0. The van der Waals surface area contributed by atoms with E-state index in [0.29, 0.717) is 6.04 Å². The Morgan fingerprint density at radius 1 is 1.27 bits per heavy atom. The van der Waals surface area contributed by atoms with Crippen molar-refractivity contribution in [1.82, 2.24) is 5.32 Å². The molecule has 1 atom stereocenters. The average molecular weight is 222 g/mol. The molecule has 1 nitrogen and oxygen atoms in total. The van der Waals surface area contributed by atoms with Crippen molar-refractivity contribution in [3.8, 4) is 0 Å². The highest BCUT2D eigenvalue weighted by Crippen LogP contribution is 2.16. The molecule has 1 aromatic rings. The molecule has 2 heteroatoms. The minimum absolute atomic E-state index is 0.617. The molecule has 1 unspecified atom stereocenters. The molecule has 0 heterocycles. The summed E-state index contributed by atoms with van der Waals surface area (Å²) in [7, 11) is 0. The summed E-state index contributed by atoms with van der Waals surface area (Å²) >= 11 is 6.09. The number of benzene rings is 1. The predicted molar refractivity (Wildman–Crippen MR) is 65.1 cm³/mol. The summed E-state index contributed by atoms with van der Waals surface area (Å²) in [5.41, 5.74) is 1.19. The molecule has 0 amide bonds. The normalized spacial score (nSPS) is 20.5. The Kier molecular flexibility index (Phi) is 3.81. The molecule has 1 N–H and O–H groups in total. The van der Waals surface area contributed by atoms with Crippen LogP contribution in [-0.2, 0) is 6.54 Å². The van der Waals surface area contributed by atoms with Crippen molar-refractivity contribution >= 4 is 11.6 Å². The number of rotatable bonds is 3. The molecule has 1 aliphatic carbocycles.